The Hall–Kier alpha value is -1.51. The van der Waals surface area contributed by atoms with E-state index in [4.69, 9.17) is 5.73 Å². The minimum absolute atomic E-state index is 0.169. The summed E-state index contributed by atoms with van der Waals surface area (Å²) >= 11 is 0. The third-order valence-electron chi connectivity index (χ3n) is 3.33. The van der Waals surface area contributed by atoms with E-state index in [2.05, 4.69) is 6.92 Å². The molecule has 1 aromatic carbocycles. The number of hydrogen-bond acceptors (Lipinski definition) is 2. The first-order valence-corrected chi connectivity index (χ1v) is 6.40. The third-order valence-corrected chi connectivity index (χ3v) is 3.33. The molecule has 0 aliphatic carbocycles. The van der Waals surface area contributed by atoms with Crippen molar-refractivity contribution in [2.75, 3.05) is 18.8 Å². The number of benzene rings is 1. The maximum Gasteiger partial charge on any atom is 0.254 e. The zero-order chi connectivity index (χ0) is 12.3. The van der Waals surface area contributed by atoms with E-state index in [0.717, 1.165) is 42.7 Å². The molecule has 3 heteroatoms. The number of carbonyl (C=O) groups is 1. The van der Waals surface area contributed by atoms with Crippen molar-refractivity contribution >= 4 is 11.6 Å². The van der Waals surface area contributed by atoms with E-state index >= 15 is 0 Å². The van der Waals surface area contributed by atoms with E-state index < -0.39 is 0 Å². The van der Waals surface area contributed by atoms with Crippen LogP contribution in [0, 0.1) is 0 Å². The van der Waals surface area contributed by atoms with Gasteiger partial charge in [0.2, 0.25) is 0 Å². The summed E-state index contributed by atoms with van der Waals surface area (Å²) in [7, 11) is 0. The molecular weight excluding hydrogens is 212 g/mol. The lowest BCUT2D eigenvalue weighted by atomic mass is 9.98. The number of fused-ring (bicyclic) bond motifs is 1. The van der Waals surface area contributed by atoms with Crippen molar-refractivity contribution in [1.29, 1.82) is 0 Å². The Morgan fingerprint density at radius 2 is 2.18 bits per heavy atom. The summed E-state index contributed by atoms with van der Waals surface area (Å²) in [6.45, 7) is 3.89. The summed E-state index contributed by atoms with van der Waals surface area (Å²) in [5, 5.41) is 0. The first kappa shape index (κ1) is 12.0. The summed E-state index contributed by atoms with van der Waals surface area (Å²) < 4.78 is 0. The Morgan fingerprint density at radius 1 is 1.35 bits per heavy atom. The topological polar surface area (TPSA) is 46.3 Å². The summed E-state index contributed by atoms with van der Waals surface area (Å²) in [6, 6.07) is 5.60. The van der Waals surface area contributed by atoms with Gasteiger partial charge in [-0.2, -0.15) is 0 Å². The highest BCUT2D eigenvalue weighted by molar-refractivity contribution is 5.97. The molecule has 2 N–H and O–H groups in total. The molecule has 2 rings (SSSR count). The van der Waals surface area contributed by atoms with E-state index in [-0.39, 0.29) is 5.91 Å². The molecule has 1 heterocycles. The van der Waals surface area contributed by atoms with Crippen LogP contribution >= 0.6 is 0 Å². The second kappa shape index (κ2) is 5.21. The normalized spacial score (nSPS) is 14.9. The molecule has 0 radical (unpaired) electrons. The van der Waals surface area contributed by atoms with Crippen LogP contribution in [0.25, 0.3) is 0 Å². The number of carbonyl (C=O) groups excluding carboxylic acids is 1. The average molecular weight is 232 g/mol. The predicted molar refractivity (Wildman–Crippen MR) is 70.0 cm³/mol. The van der Waals surface area contributed by atoms with Gasteiger partial charge in [-0.3, -0.25) is 4.79 Å². The van der Waals surface area contributed by atoms with Crippen molar-refractivity contribution in [1.82, 2.24) is 4.90 Å². The van der Waals surface area contributed by atoms with Gasteiger partial charge in [0.25, 0.3) is 5.91 Å². The minimum atomic E-state index is 0.169. The monoisotopic (exact) mass is 232 g/mol. The predicted octanol–water partition coefficient (Wildman–Crippen LogP) is 2.46. The lowest BCUT2D eigenvalue weighted by Gasteiger charge is -2.28. The van der Waals surface area contributed by atoms with Crippen molar-refractivity contribution in [2.45, 2.75) is 32.6 Å². The SMILES string of the molecule is CCCCCN1CCc2cc(N)ccc2C1=O. The standard InChI is InChI=1S/C14H20N2O/c1-2-3-4-8-16-9-7-11-10-12(15)5-6-13(11)14(16)17/h5-6,10H,2-4,7-9,15H2,1H3. The zero-order valence-electron chi connectivity index (χ0n) is 10.4. The van der Waals surface area contributed by atoms with E-state index in [9.17, 15) is 4.79 Å². The first-order chi connectivity index (χ1) is 8.22. The quantitative estimate of drug-likeness (QED) is 0.640. The molecule has 0 unspecified atom stereocenters. The van der Waals surface area contributed by atoms with E-state index in [1.165, 1.54) is 12.8 Å². The van der Waals surface area contributed by atoms with Crippen LogP contribution in [0.15, 0.2) is 18.2 Å². The van der Waals surface area contributed by atoms with Gasteiger partial charge < -0.3 is 10.6 Å². The Bertz CT molecular complexity index is 415. The number of unbranched alkanes of at least 4 members (excludes halogenated alkanes) is 2. The number of amides is 1. The summed E-state index contributed by atoms with van der Waals surface area (Å²) in [6.07, 6.45) is 4.41. The van der Waals surface area contributed by atoms with Crippen LogP contribution in [0.5, 0.6) is 0 Å². The highest BCUT2D eigenvalue weighted by atomic mass is 16.2. The van der Waals surface area contributed by atoms with Crippen LogP contribution in [0.2, 0.25) is 0 Å². The van der Waals surface area contributed by atoms with Gasteiger partial charge in [-0.15, -0.1) is 0 Å². The first-order valence-electron chi connectivity index (χ1n) is 6.40. The highest BCUT2D eigenvalue weighted by Gasteiger charge is 2.23. The minimum Gasteiger partial charge on any atom is -0.399 e. The van der Waals surface area contributed by atoms with Gasteiger partial charge in [-0.05, 0) is 36.6 Å². The van der Waals surface area contributed by atoms with Gasteiger partial charge >= 0.3 is 0 Å². The number of nitrogen functional groups attached to an aromatic ring is 1. The molecule has 3 nitrogen and oxygen atoms in total. The van der Waals surface area contributed by atoms with E-state index in [0.29, 0.717) is 0 Å². The Balaban J connectivity index is 2.08. The van der Waals surface area contributed by atoms with E-state index in [1.807, 2.05) is 23.1 Å². The summed E-state index contributed by atoms with van der Waals surface area (Å²) in [5.74, 6) is 0.169. The molecule has 1 amide bonds. The average Bonchev–Trinajstić information content (AvgIpc) is 2.32. The van der Waals surface area contributed by atoms with Crippen LogP contribution < -0.4 is 5.73 Å². The molecule has 0 saturated carbocycles. The summed E-state index contributed by atoms with van der Waals surface area (Å²) in [4.78, 5) is 14.2. The van der Waals surface area contributed by atoms with Crippen molar-refractivity contribution in [3.8, 4) is 0 Å². The Morgan fingerprint density at radius 3 is 2.94 bits per heavy atom. The van der Waals surface area contributed by atoms with Crippen LogP contribution in [-0.2, 0) is 6.42 Å². The molecule has 0 atom stereocenters. The molecule has 1 aliphatic rings. The van der Waals surface area contributed by atoms with Gasteiger partial charge in [0, 0.05) is 24.3 Å². The molecule has 17 heavy (non-hydrogen) atoms. The molecule has 0 fully saturated rings. The second-order valence-electron chi connectivity index (χ2n) is 4.67. The molecule has 0 spiro atoms. The Kier molecular flexibility index (Phi) is 3.67. The fourth-order valence-electron chi connectivity index (χ4n) is 2.32. The number of nitrogens with zero attached hydrogens (tertiary/aromatic N) is 1. The van der Waals surface area contributed by atoms with Crippen LogP contribution in [-0.4, -0.2) is 23.9 Å². The number of anilines is 1. The van der Waals surface area contributed by atoms with Crippen molar-refractivity contribution in [3.63, 3.8) is 0 Å². The molecule has 0 aromatic heterocycles. The third kappa shape index (κ3) is 2.60. The van der Waals surface area contributed by atoms with Gasteiger partial charge in [-0.1, -0.05) is 19.8 Å². The molecule has 1 aromatic rings. The Labute approximate surface area is 103 Å². The largest absolute Gasteiger partial charge is 0.399 e. The smallest absolute Gasteiger partial charge is 0.254 e. The van der Waals surface area contributed by atoms with Crippen molar-refractivity contribution < 1.29 is 4.79 Å². The van der Waals surface area contributed by atoms with Crippen LogP contribution in [0.4, 0.5) is 5.69 Å². The summed E-state index contributed by atoms with van der Waals surface area (Å²) in [5.41, 5.74) is 8.42. The van der Waals surface area contributed by atoms with Crippen LogP contribution in [0.1, 0.15) is 42.1 Å². The lowest BCUT2D eigenvalue weighted by Crippen LogP contribution is -2.38. The number of rotatable bonds is 4. The van der Waals surface area contributed by atoms with Gasteiger partial charge in [0.1, 0.15) is 0 Å². The van der Waals surface area contributed by atoms with Crippen molar-refractivity contribution in [3.05, 3.63) is 29.3 Å². The van der Waals surface area contributed by atoms with Gasteiger partial charge in [0.15, 0.2) is 0 Å². The number of hydrogen-bond donors (Lipinski definition) is 1. The molecule has 0 saturated heterocycles. The van der Waals surface area contributed by atoms with Crippen LogP contribution in [0.3, 0.4) is 0 Å². The fourth-order valence-corrected chi connectivity index (χ4v) is 2.32. The van der Waals surface area contributed by atoms with Gasteiger partial charge in [-0.25, -0.2) is 0 Å². The maximum atomic E-state index is 12.2. The molecule has 0 bridgehead atoms. The molecule has 1 aliphatic heterocycles. The van der Waals surface area contributed by atoms with Gasteiger partial charge in [0.05, 0.1) is 0 Å². The number of nitrogens with two attached hydrogens (primary N) is 1. The lowest BCUT2D eigenvalue weighted by molar-refractivity contribution is 0.0737. The van der Waals surface area contributed by atoms with Crippen molar-refractivity contribution in [2.24, 2.45) is 0 Å². The fraction of sp³-hybridized carbons (Fsp3) is 0.500. The highest BCUT2D eigenvalue weighted by Crippen LogP contribution is 2.21. The van der Waals surface area contributed by atoms with E-state index in [1.54, 1.807) is 0 Å². The second-order valence-corrected chi connectivity index (χ2v) is 4.67. The molecule has 92 valence electrons. The zero-order valence-corrected chi connectivity index (χ0v) is 10.4. The maximum absolute atomic E-state index is 12.2. The molecular formula is C14H20N2O.